The molecule has 1 aliphatic heterocycles. The summed E-state index contributed by atoms with van der Waals surface area (Å²) >= 11 is 0. The van der Waals surface area contributed by atoms with Crippen molar-refractivity contribution in [1.29, 1.82) is 0 Å². The molecule has 3 N–H and O–H groups in total. The number of nitrogens with one attached hydrogen (secondary N) is 3. The molecule has 8 nitrogen and oxygen atoms in total. The van der Waals surface area contributed by atoms with Gasteiger partial charge in [0.1, 0.15) is 11.9 Å². The maximum atomic E-state index is 14.7. The van der Waals surface area contributed by atoms with Crippen LogP contribution in [-0.4, -0.2) is 40.4 Å². The molecule has 2 amide bonds. The highest BCUT2D eigenvalue weighted by Gasteiger charge is 2.28. The number of benzene rings is 1. The number of carbonyl (C=O) groups is 3. The van der Waals surface area contributed by atoms with E-state index in [1.165, 1.54) is 31.5 Å². The number of hydrogen-bond acceptors (Lipinski definition) is 5. The topological polar surface area (TPSA) is 113 Å². The van der Waals surface area contributed by atoms with Crippen LogP contribution in [0.5, 0.6) is 0 Å². The number of aryl methyl sites for hydroxylation is 1. The van der Waals surface area contributed by atoms with E-state index in [-0.39, 0.29) is 36.0 Å². The van der Waals surface area contributed by atoms with E-state index < -0.39 is 17.8 Å². The quantitative estimate of drug-likeness (QED) is 0.433. The Kier molecular flexibility index (Phi) is 9.08. The lowest BCUT2D eigenvalue weighted by atomic mass is 9.98. The maximum absolute atomic E-state index is 14.7. The van der Waals surface area contributed by atoms with Crippen LogP contribution in [-0.2, 0) is 19.1 Å². The minimum Gasteiger partial charge on any atom is -0.464 e. The Morgan fingerprint density at radius 1 is 1.30 bits per heavy atom. The van der Waals surface area contributed by atoms with Crippen molar-refractivity contribution in [3.8, 4) is 0 Å². The molecule has 0 aliphatic carbocycles. The van der Waals surface area contributed by atoms with Gasteiger partial charge in [-0.05, 0) is 38.5 Å². The molecule has 2 aromatic rings. The molecule has 0 saturated heterocycles. The van der Waals surface area contributed by atoms with E-state index in [1.807, 2.05) is 20.8 Å². The van der Waals surface area contributed by atoms with Crippen molar-refractivity contribution >= 4 is 41.2 Å². The second-order valence-corrected chi connectivity index (χ2v) is 6.95. The van der Waals surface area contributed by atoms with Crippen molar-refractivity contribution in [3.63, 3.8) is 0 Å². The Morgan fingerprint density at radius 2 is 2.03 bits per heavy atom. The minimum absolute atomic E-state index is 0.0976. The molecule has 1 atom stereocenters. The fourth-order valence-corrected chi connectivity index (χ4v) is 3.27. The third-order valence-corrected chi connectivity index (χ3v) is 4.71. The number of imidazole rings is 1. The fourth-order valence-electron chi connectivity index (χ4n) is 3.27. The summed E-state index contributed by atoms with van der Waals surface area (Å²) in [7, 11) is 0. The number of aromatic amines is 1. The van der Waals surface area contributed by atoms with Gasteiger partial charge in [0.05, 0.1) is 24.2 Å². The molecule has 33 heavy (non-hydrogen) atoms. The van der Waals surface area contributed by atoms with Crippen LogP contribution in [0, 0.1) is 12.7 Å². The SMILES string of the molecule is CC.CCOC(=O)C(CC=Cc1c(F)ccc2c1/C(=C/c1nc[nH]c1C)C(=O)N2)NC(C)=O. The zero-order chi connectivity index (χ0) is 24.5. The first-order valence-electron chi connectivity index (χ1n) is 10.8. The van der Waals surface area contributed by atoms with Gasteiger partial charge in [-0.3, -0.25) is 9.59 Å². The van der Waals surface area contributed by atoms with Gasteiger partial charge in [-0.25, -0.2) is 14.2 Å². The third kappa shape index (κ3) is 6.15. The summed E-state index contributed by atoms with van der Waals surface area (Å²) in [5.74, 6) is -1.84. The molecule has 0 bridgehead atoms. The Balaban J connectivity index is 0.00000187. The van der Waals surface area contributed by atoms with Gasteiger partial charge >= 0.3 is 5.97 Å². The molecule has 0 spiro atoms. The summed E-state index contributed by atoms with van der Waals surface area (Å²) < 4.78 is 19.7. The summed E-state index contributed by atoms with van der Waals surface area (Å²) in [6, 6.07) is 1.87. The van der Waals surface area contributed by atoms with Crippen LogP contribution in [0.2, 0.25) is 0 Å². The fraction of sp³-hybridized carbons (Fsp3) is 0.333. The normalized spacial score (nSPS) is 14.4. The molecule has 1 aromatic heterocycles. The van der Waals surface area contributed by atoms with Crippen molar-refractivity contribution in [1.82, 2.24) is 15.3 Å². The van der Waals surface area contributed by atoms with E-state index in [4.69, 9.17) is 4.74 Å². The number of aromatic nitrogens is 2. The number of hydrogen-bond donors (Lipinski definition) is 3. The van der Waals surface area contributed by atoms with Gasteiger partial charge in [-0.1, -0.05) is 26.0 Å². The van der Waals surface area contributed by atoms with Gasteiger partial charge in [-0.15, -0.1) is 0 Å². The van der Waals surface area contributed by atoms with E-state index in [2.05, 4.69) is 20.6 Å². The number of halogens is 1. The monoisotopic (exact) mass is 456 g/mol. The molecule has 1 unspecified atom stereocenters. The van der Waals surface area contributed by atoms with Gasteiger partial charge in [0.25, 0.3) is 5.91 Å². The lowest BCUT2D eigenvalue weighted by Crippen LogP contribution is -2.40. The number of nitrogens with zero attached hydrogens (tertiary/aromatic N) is 1. The summed E-state index contributed by atoms with van der Waals surface area (Å²) in [5.41, 5.74) is 2.72. The van der Waals surface area contributed by atoms with Crippen molar-refractivity contribution < 1.29 is 23.5 Å². The lowest BCUT2D eigenvalue weighted by molar-refractivity contribution is -0.147. The molecular formula is C24H29FN4O4. The third-order valence-electron chi connectivity index (χ3n) is 4.71. The first kappa shape index (κ1) is 25.5. The maximum Gasteiger partial charge on any atom is 0.328 e. The Hall–Kier alpha value is -3.75. The summed E-state index contributed by atoms with van der Waals surface area (Å²) in [6.45, 7) is 8.95. The molecule has 1 aliphatic rings. The lowest BCUT2D eigenvalue weighted by Gasteiger charge is -2.14. The van der Waals surface area contributed by atoms with E-state index in [0.29, 0.717) is 16.9 Å². The van der Waals surface area contributed by atoms with Crippen LogP contribution >= 0.6 is 0 Å². The van der Waals surface area contributed by atoms with E-state index >= 15 is 0 Å². The number of ether oxygens (including phenoxy) is 1. The Labute approximate surface area is 192 Å². The van der Waals surface area contributed by atoms with Gasteiger partial charge in [0.15, 0.2) is 0 Å². The molecule has 0 radical (unpaired) electrons. The van der Waals surface area contributed by atoms with Gasteiger partial charge in [-0.2, -0.15) is 0 Å². The summed E-state index contributed by atoms with van der Waals surface area (Å²) in [4.78, 5) is 43.1. The second kappa shape index (κ2) is 11.8. The Morgan fingerprint density at radius 3 is 2.64 bits per heavy atom. The van der Waals surface area contributed by atoms with Crippen LogP contribution in [0.4, 0.5) is 10.1 Å². The molecule has 9 heteroatoms. The second-order valence-electron chi connectivity index (χ2n) is 6.95. The van der Waals surface area contributed by atoms with Crippen LogP contribution in [0.3, 0.4) is 0 Å². The highest BCUT2D eigenvalue weighted by atomic mass is 19.1. The number of anilines is 1. The van der Waals surface area contributed by atoms with Crippen molar-refractivity contribution in [3.05, 3.63) is 52.9 Å². The molecule has 176 valence electrons. The van der Waals surface area contributed by atoms with Gasteiger partial charge < -0.3 is 20.4 Å². The number of rotatable bonds is 7. The predicted octanol–water partition coefficient (Wildman–Crippen LogP) is 3.85. The molecule has 3 rings (SSSR count). The zero-order valence-corrected chi connectivity index (χ0v) is 19.4. The van der Waals surface area contributed by atoms with Crippen LogP contribution < -0.4 is 10.6 Å². The van der Waals surface area contributed by atoms with Gasteiger partial charge in [0, 0.05) is 29.4 Å². The first-order valence-corrected chi connectivity index (χ1v) is 10.8. The number of esters is 1. The van der Waals surface area contributed by atoms with Crippen molar-refractivity contribution in [2.24, 2.45) is 0 Å². The van der Waals surface area contributed by atoms with Crippen LogP contribution in [0.25, 0.3) is 17.7 Å². The number of amides is 2. The summed E-state index contributed by atoms with van der Waals surface area (Å²) in [6.07, 6.45) is 6.27. The summed E-state index contributed by atoms with van der Waals surface area (Å²) in [5, 5.41) is 5.25. The molecule has 0 fully saturated rings. The number of carbonyl (C=O) groups excluding carboxylic acids is 3. The first-order chi connectivity index (χ1) is 15.8. The number of fused-ring (bicyclic) bond motifs is 1. The van der Waals surface area contributed by atoms with Crippen molar-refractivity contribution in [2.45, 2.75) is 47.1 Å². The minimum atomic E-state index is -0.894. The molecular weight excluding hydrogens is 427 g/mol. The molecule has 1 aromatic carbocycles. The van der Waals surface area contributed by atoms with Crippen LogP contribution in [0.15, 0.2) is 24.5 Å². The average molecular weight is 457 g/mol. The van der Waals surface area contributed by atoms with Crippen LogP contribution in [0.1, 0.15) is 56.6 Å². The largest absolute Gasteiger partial charge is 0.464 e. The zero-order valence-electron chi connectivity index (χ0n) is 19.4. The van der Waals surface area contributed by atoms with E-state index in [0.717, 1.165) is 5.69 Å². The van der Waals surface area contributed by atoms with Gasteiger partial charge in [0.2, 0.25) is 5.91 Å². The predicted molar refractivity (Wildman–Crippen MR) is 125 cm³/mol. The molecule has 2 heterocycles. The Bertz CT molecular complexity index is 1090. The average Bonchev–Trinajstić information content (AvgIpc) is 3.33. The van der Waals surface area contributed by atoms with Crippen molar-refractivity contribution in [2.75, 3.05) is 11.9 Å². The standard InChI is InChI=1S/C22H23FN4O4.C2H6/c1-4-31-22(30)18(26-13(3)28)7-5-6-14-16(23)8-9-17-20(14)15(21(29)27-17)10-19-12(2)24-11-25-19;1-2/h5-6,8-11,18H,4,7H2,1-3H3,(H,24,25)(H,26,28)(H,27,29);1-2H3/b6-5?,15-10-;. The van der Waals surface area contributed by atoms with E-state index in [1.54, 1.807) is 19.1 Å². The van der Waals surface area contributed by atoms with E-state index in [9.17, 15) is 18.8 Å². The number of H-pyrrole nitrogens is 1. The highest BCUT2D eigenvalue weighted by molar-refractivity contribution is 6.35. The molecule has 0 saturated carbocycles. The highest BCUT2D eigenvalue weighted by Crippen LogP contribution is 2.37. The smallest absolute Gasteiger partial charge is 0.328 e.